The van der Waals surface area contributed by atoms with Gasteiger partial charge in [0, 0.05) is 6.42 Å². The molecule has 0 aliphatic rings. The molecule has 36 heavy (non-hydrogen) atoms. The highest BCUT2D eigenvalue weighted by Crippen LogP contribution is 2.22. The number of carbonyl (C=O) groups excluding carboxylic acids is 2. The molecule has 0 bridgehead atoms. The van der Waals surface area contributed by atoms with E-state index in [1.165, 1.54) is 0 Å². The van der Waals surface area contributed by atoms with Crippen molar-refractivity contribution in [2.45, 2.75) is 147 Å². The van der Waals surface area contributed by atoms with Gasteiger partial charge in [0.2, 0.25) is 0 Å². The van der Waals surface area contributed by atoms with Crippen molar-refractivity contribution < 1.29 is 45.3 Å². The normalized spacial score (nSPS) is 16.0. The van der Waals surface area contributed by atoms with Crippen LogP contribution < -0.4 is 0 Å². The van der Waals surface area contributed by atoms with E-state index >= 15 is 0 Å². The molecule has 0 fully saturated rings. The molecular weight excluding hydrogens is 468 g/mol. The summed E-state index contributed by atoms with van der Waals surface area (Å²) in [6.45, 7) is 1.22. The summed E-state index contributed by atoms with van der Waals surface area (Å²) in [5.41, 5.74) is 0. The largest absolute Gasteiger partial charge is 0.394 e. The molecule has 0 amide bonds. The molecule has 9 heteroatoms. The van der Waals surface area contributed by atoms with Crippen molar-refractivity contribution in [1.29, 1.82) is 0 Å². The smallest absolute Gasteiger partial charge is 0.193 e. The summed E-state index contributed by atoms with van der Waals surface area (Å²) in [6.07, 6.45) is 5.46. The molecule has 0 heterocycles. The third-order valence-corrected chi connectivity index (χ3v) is 6.76. The van der Waals surface area contributed by atoms with E-state index in [4.69, 9.17) is 15.3 Å². The number of ketones is 2. The second-order valence-electron chi connectivity index (χ2n) is 10.0. The van der Waals surface area contributed by atoms with Crippen molar-refractivity contribution in [3.8, 4) is 0 Å². The third kappa shape index (κ3) is 16.7. The number of hydrogen-bond acceptors (Lipinski definition) is 9. The first-order valence-electron chi connectivity index (χ1n) is 13.9. The van der Waals surface area contributed by atoms with Gasteiger partial charge in [0.15, 0.2) is 12.1 Å². The minimum Gasteiger partial charge on any atom is -0.394 e. The minimum atomic E-state index is -1.96. The second kappa shape index (κ2) is 22.1. The van der Waals surface area contributed by atoms with Crippen LogP contribution in [0.15, 0.2) is 0 Å². The number of hydrogen-bond donors (Lipinski definition) is 7. The maximum atomic E-state index is 12.9. The summed E-state index contributed by atoms with van der Waals surface area (Å²) < 4.78 is 0. The average Bonchev–Trinajstić information content (AvgIpc) is 2.86. The quantitative estimate of drug-likeness (QED) is 0.0702. The lowest BCUT2D eigenvalue weighted by Crippen LogP contribution is -2.46. The number of aliphatic hydroxyl groups is 7. The molecule has 0 aromatic rings. The molecule has 0 aliphatic carbocycles. The first kappa shape index (κ1) is 35.1. The lowest BCUT2D eigenvalue weighted by molar-refractivity contribution is -0.149. The molecule has 0 rings (SSSR count). The van der Waals surface area contributed by atoms with Gasteiger partial charge >= 0.3 is 0 Å². The third-order valence-electron chi connectivity index (χ3n) is 6.76. The Balaban J connectivity index is 4.59. The topological polar surface area (TPSA) is 176 Å². The Morgan fingerprint density at radius 1 is 0.611 bits per heavy atom. The van der Waals surface area contributed by atoms with Gasteiger partial charge in [0.05, 0.1) is 18.6 Å². The predicted octanol–water partition coefficient (Wildman–Crippen LogP) is 2.14. The molecule has 214 valence electrons. The summed E-state index contributed by atoms with van der Waals surface area (Å²) in [6, 6.07) is 0. The van der Waals surface area contributed by atoms with E-state index in [1.807, 2.05) is 0 Å². The molecular formula is C27H52O9. The van der Waals surface area contributed by atoms with Crippen LogP contribution in [0, 0.1) is 5.92 Å². The van der Waals surface area contributed by atoms with Gasteiger partial charge in [0.25, 0.3) is 0 Å². The van der Waals surface area contributed by atoms with E-state index in [2.05, 4.69) is 6.92 Å². The molecule has 0 saturated carbocycles. The fourth-order valence-corrected chi connectivity index (χ4v) is 4.36. The van der Waals surface area contributed by atoms with E-state index < -0.39 is 49.0 Å². The van der Waals surface area contributed by atoms with Crippen molar-refractivity contribution in [3.05, 3.63) is 0 Å². The first-order chi connectivity index (χ1) is 17.1. The lowest BCUT2D eigenvalue weighted by atomic mass is 9.84. The Morgan fingerprint density at radius 2 is 1.11 bits per heavy atom. The summed E-state index contributed by atoms with van der Waals surface area (Å²) in [5, 5.41) is 66.7. The highest BCUT2D eigenvalue weighted by Gasteiger charge is 2.36. The van der Waals surface area contributed by atoms with Crippen molar-refractivity contribution >= 4 is 11.6 Å². The van der Waals surface area contributed by atoms with Gasteiger partial charge in [-0.25, -0.2) is 0 Å². The molecule has 5 atom stereocenters. The fourth-order valence-electron chi connectivity index (χ4n) is 4.36. The van der Waals surface area contributed by atoms with E-state index in [-0.39, 0.29) is 18.6 Å². The van der Waals surface area contributed by atoms with Crippen LogP contribution in [0.2, 0.25) is 0 Å². The first-order valence-corrected chi connectivity index (χ1v) is 13.9. The van der Waals surface area contributed by atoms with Crippen LogP contribution >= 0.6 is 0 Å². The van der Waals surface area contributed by atoms with Crippen molar-refractivity contribution in [3.63, 3.8) is 0 Å². The van der Waals surface area contributed by atoms with Crippen LogP contribution in [0.5, 0.6) is 0 Å². The van der Waals surface area contributed by atoms with Crippen LogP contribution in [0.4, 0.5) is 0 Å². The Labute approximate surface area is 216 Å². The highest BCUT2D eigenvalue weighted by atomic mass is 16.5. The molecule has 0 radical (unpaired) electrons. The molecule has 5 unspecified atom stereocenters. The Bertz CT molecular complexity index is 555. The van der Waals surface area contributed by atoms with Crippen LogP contribution in [0.3, 0.4) is 0 Å². The summed E-state index contributed by atoms with van der Waals surface area (Å²) in [4.78, 5) is 25.3. The minimum absolute atomic E-state index is 0.209. The van der Waals surface area contributed by atoms with Gasteiger partial charge in [-0.05, 0) is 38.5 Å². The molecule has 0 aromatic heterocycles. The van der Waals surface area contributed by atoms with E-state index in [1.54, 1.807) is 0 Å². The standard InChI is InChI=1S/C27H52O9/c1-2-3-14-20(29)15-12-13-16-21(25(34)27(36)26(35)23(31)19-28)22(30)17-10-8-6-4-5-7-9-11-18-24(32)33/h20-21,23-26,28-29,31-35H,2-19H2,1H3. The van der Waals surface area contributed by atoms with Crippen LogP contribution in [-0.4, -0.2) is 84.6 Å². The van der Waals surface area contributed by atoms with Crippen molar-refractivity contribution in [2.75, 3.05) is 6.61 Å². The van der Waals surface area contributed by atoms with Gasteiger partial charge < -0.3 is 35.7 Å². The molecule has 0 aliphatic heterocycles. The number of rotatable bonds is 25. The molecule has 0 saturated heterocycles. The number of unbranched alkanes of at least 4 members (excludes halogenated alkanes) is 9. The average molecular weight is 521 g/mol. The van der Waals surface area contributed by atoms with Crippen LogP contribution in [0.1, 0.15) is 116 Å². The van der Waals surface area contributed by atoms with E-state index in [9.17, 15) is 30.0 Å². The highest BCUT2D eigenvalue weighted by molar-refractivity contribution is 5.93. The SMILES string of the molecule is CCCCC(O)CCCCC(C(=O)CCCCCCCCCCC(O)O)C(O)C(=O)C(O)C(O)CO. The number of Topliss-reactive ketones (excluding diaryl/α,β-unsaturated/α-hetero) is 2. The van der Waals surface area contributed by atoms with Gasteiger partial charge in [-0.2, -0.15) is 0 Å². The Hall–Kier alpha value is -0.940. The van der Waals surface area contributed by atoms with E-state index in [0.717, 1.165) is 64.2 Å². The zero-order valence-electron chi connectivity index (χ0n) is 22.1. The lowest BCUT2D eigenvalue weighted by Gasteiger charge is -2.24. The monoisotopic (exact) mass is 520 g/mol. The Morgan fingerprint density at radius 3 is 1.67 bits per heavy atom. The zero-order chi connectivity index (χ0) is 27.3. The predicted molar refractivity (Wildman–Crippen MR) is 137 cm³/mol. The van der Waals surface area contributed by atoms with Gasteiger partial charge in [-0.1, -0.05) is 71.1 Å². The van der Waals surface area contributed by atoms with Crippen molar-refractivity contribution in [2.24, 2.45) is 5.92 Å². The van der Waals surface area contributed by atoms with Gasteiger partial charge in [-0.3, -0.25) is 9.59 Å². The molecule has 0 aromatic carbocycles. The zero-order valence-corrected chi connectivity index (χ0v) is 22.1. The summed E-state index contributed by atoms with van der Waals surface area (Å²) in [5.74, 6) is -2.31. The van der Waals surface area contributed by atoms with E-state index in [0.29, 0.717) is 32.1 Å². The second-order valence-corrected chi connectivity index (χ2v) is 10.0. The molecule has 0 spiro atoms. The number of carbonyl (C=O) groups is 2. The van der Waals surface area contributed by atoms with Crippen LogP contribution in [-0.2, 0) is 9.59 Å². The molecule has 9 nitrogen and oxygen atoms in total. The Kier molecular flexibility index (Phi) is 21.5. The fraction of sp³-hybridized carbons (Fsp3) is 0.926. The maximum Gasteiger partial charge on any atom is 0.193 e. The van der Waals surface area contributed by atoms with Gasteiger partial charge in [0.1, 0.15) is 24.1 Å². The van der Waals surface area contributed by atoms with Crippen LogP contribution in [0.25, 0.3) is 0 Å². The number of aliphatic hydroxyl groups excluding tert-OH is 6. The van der Waals surface area contributed by atoms with Crippen molar-refractivity contribution in [1.82, 2.24) is 0 Å². The van der Waals surface area contributed by atoms with Gasteiger partial charge in [-0.15, -0.1) is 0 Å². The summed E-state index contributed by atoms with van der Waals surface area (Å²) >= 11 is 0. The molecule has 7 N–H and O–H groups in total. The summed E-state index contributed by atoms with van der Waals surface area (Å²) in [7, 11) is 0. The maximum absolute atomic E-state index is 12.9.